The molecule has 0 rings (SSSR count). The van der Waals surface area contributed by atoms with Crippen molar-refractivity contribution in [2.24, 2.45) is 0 Å². The third kappa shape index (κ3) is 18.6. The lowest BCUT2D eigenvalue weighted by atomic mass is 10.1. The van der Waals surface area contributed by atoms with Crippen molar-refractivity contribution in [2.75, 3.05) is 13.2 Å². The largest absolute Gasteiger partial charge is 0.396 e. The zero-order chi connectivity index (χ0) is 16.1. The van der Waals surface area contributed by atoms with Gasteiger partial charge >= 0.3 is 0 Å². The van der Waals surface area contributed by atoms with Gasteiger partial charge in [0.05, 0.1) is 12.8 Å². The number of hydrogen-bond acceptors (Lipinski definition) is 2. The summed E-state index contributed by atoms with van der Waals surface area (Å²) in [4.78, 5) is 0. The van der Waals surface area contributed by atoms with Gasteiger partial charge in [-0.1, -0.05) is 49.4 Å². The van der Waals surface area contributed by atoms with E-state index in [0.29, 0.717) is 26.1 Å². The van der Waals surface area contributed by atoms with Crippen molar-refractivity contribution in [1.29, 1.82) is 0 Å². The van der Waals surface area contributed by atoms with Crippen molar-refractivity contribution in [3.8, 4) is 35.5 Å². The first kappa shape index (κ1) is 20.6. The minimum absolute atomic E-state index is 0.299. The van der Waals surface area contributed by atoms with Gasteiger partial charge in [-0.3, -0.25) is 0 Å². The van der Waals surface area contributed by atoms with Gasteiger partial charge in [0.25, 0.3) is 0 Å². The van der Waals surface area contributed by atoms with Gasteiger partial charge in [-0.15, -0.1) is 11.8 Å². The minimum atomic E-state index is 0.299. The van der Waals surface area contributed by atoms with E-state index in [9.17, 15) is 0 Å². The molecular formula is C20H30O2. The molecule has 2 heteroatoms. The molecule has 0 spiro atoms. The molecule has 122 valence electrons. The Hall–Kier alpha value is -1.40. The lowest BCUT2D eigenvalue weighted by Crippen LogP contribution is -1.82. The fraction of sp³-hybridized carbons (Fsp3) is 0.700. The summed E-state index contributed by atoms with van der Waals surface area (Å²) in [5.74, 6) is 18.4. The molecule has 2 nitrogen and oxygen atoms in total. The first-order valence-electron chi connectivity index (χ1n) is 8.50. The quantitative estimate of drug-likeness (QED) is 0.477. The van der Waals surface area contributed by atoms with E-state index in [1.54, 1.807) is 0 Å². The van der Waals surface area contributed by atoms with Crippen LogP contribution in [0.3, 0.4) is 0 Å². The van der Waals surface area contributed by atoms with Gasteiger partial charge in [-0.2, -0.15) is 0 Å². The molecule has 0 radical (unpaired) electrons. The van der Waals surface area contributed by atoms with Crippen LogP contribution in [-0.4, -0.2) is 23.4 Å². The smallest absolute Gasteiger partial charge is 0.0702 e. The van der Waals surface area contributed by atoms with Crippen molar-refractivity contribution in [1.82, 2.24) is 0 Å². The molecule has 0 aliphatic heterocycles. The maximum atomic E-state index is 8.64. The maximum absolute atomic E-state index is 8.64. The molecule has 0 aromatic heterocycles. The number of hydrogen-bond donors (Lipinski definition) is 2. The van der Waals surface area contributed by atoms with Crippen LogP contribution in [0.1, 0.15) is 77.0 Å². The van der Waals surface area contributed by atoms with Gasteiger partial charge < -0.3 is 10.2 Å². The third-order valence-corrected chi connectivity index (χ3v) is 3.15. The lowest BCUT2D eigenvalue weighted by molar-refractivity contribution is 0.282. The van der Waals surface area contributed by atoms with E-state index < -0.39 is 0 Å². The highest BCUT2D eigenvalue weighted by Gasteiger charge is 1.87. The van der Waals surface area contributed by atoms with Crippen molar-refractivity contribution in [3.63, 3.8) is 0 Å². The summed E-state index contributed by atoms with van der Waals surface area (Å²) in [7, 11) is 0. The van der Waals surface area contributed by atoms with Gasteiger partial charge in [0.1, 0.15) is 0 Å². The first-order chi connectivity index (χ1) is 10.9. The normalized spacial score (nSPS) is 9.00. The molecule has 0 aromatic carbocycles. The van der Waals surface area contributed by atoms with Crippen LogP contribution in [-0.2, 0) is 0 Å². The monoisotopic (exact) mass is 302 g/mol. The summed E-state index contributed by atoms with van der Waals surface area (Å²) in [6.45, 7) is 0.599. The van der Waals surface area contributed by atoms with E-state index in [0.717, 1.165) is 64.2 Å². The number of rotatable bonds is 10. The van der Waals surface area contributed by atoms with Crippen LogP contribution in [0.4, 0.5) is 0 Å². The highest BCUT2D eigenvalue weighted by Crippen LogP contribution is 2.01. The molecule has 0 heterocycles. The zero-order valence-electron chi connectivity index (χ0n) is 13.8. The number of aliphatic hydroxyl groups is 2. The number of unbranched alkanes of at least 4 members (excludes halogenated alkanes) is 8. The van der Waals surface area contributed by atoms with Crippen LogP contribution < -0.4 is 0 Å². The molecular weight excluding hydrogens is 272 g/mol. The van der Waals surface area contributed by atoms with E-state index in [4.69, 9.17) is 10.2 Å². The van der Waals surface area contributed by atoms with Crippen LogP contribution in [0.25, 0.3) is 0 Å². The Morgan fingerprint density at radius 1 is 0.409 bits per heavy atom. The summed E-state index contributed by atoms with van der Waals surface area (Å²) in [5.41, 5.74) is 0. The van der Waals surface area contributed by atoms with Crippen molar-refractivity contribution >= 4 is 0 Å². The second-order valence-electron chi connectivity index (χ2n) is 5.19. The molecule has 0 atom stereocenters. The Kier molecular flexibility index (Phi) is 18.4. The SMILES string of the molecule is OCCCCCCC#CCC#CCC#CCCCCCCO. The Morgan fingerprint density at radius 2 is 0.773 bits per heavy atom. The number of aliphatic hydroxyl groups excluding tert-OH is 2. The Balaban J connectivity index is 3.39. The van der Waals surface area contributed by atoms with E-state index in [2.05, 4.69) is 35.5 Å². The van der Waals surface area contributed by atoms with Gasteiger partial charge in [-0.05, 0) is 25.7 Å². The fourth-order valence-electron chi connectivity index (χ4n) is 1.87. The molecule has 0 aromatic rings. The molecule has 0 amide bonds. The average Bonchev–Trinajstić information content (AvgIpc) is 2.54. The summed E-state index contributed by atoms with van der Waals surface area (Å²) in [5, 5.41) is 17.3. The highest BCUT2D eigenvalue weighted by molar-refractivity contribution is 5.16. The first-order valence-corrected chi connectivity index (χ1v) is 8.50. The van der Waals surface area contributed by atoms with E-state index in [1.165, 1.54) is 0 Å². The molecule has 0 unspecified atom stereocenters. The average molecular weight is 302 g/mol. The highest BCUT2D eigenvalue weighted by atomic mass is 16.3. The summed E-state index contributed by atoms with van der Waals surface area (Å²) < 4.78 is 0. The Bertz CT molecular complexity index is 368. The molecule has 0 bridgehead atoms. The Morgan fingerprint density at radius 3 is 1.18 bits per heavy atom. The molecule has 0 aliphatic rings. The van der Waals surface area contributed by atoms with Crippen molar-refractivity contribution in [3.05, 3.63) is 0 Å². The van der Waals surface area contributed by atoms with Gasteiger partial charge in [0.15, 0.2) is 0 Å². The summed E-state index contributed by atoms with van der Waals surface area (Å²) in [6, 6.07) is 0. The molecule has 0 saturated heterocycles. The molecule has 2 N–H and O–H groups in total. The molecule has 0 aliphatic carbocycles. The van der Waals surface area contributed by atoms with E-state index >= 15 is 0 Å². The van der Waals surface area contributed by atoms with Crippen molar-refractivity contribution < 1.29 is 10.2 Å². The maximum Gasteiger partial charge on any atom is 0.0702 e. The minimum Gasteiger partial charge on any atom is -0.396 e. The second kappa shape index (κ2) is 19.6. The molecule has 0 fully saturated rings. The second-order valence-corrected chi connectivity index (χ2v) is 5.19. The van der Waals surface area contributed by atoms with E-state index in [1.807, 2.05) is 0 Å². The topological polar surface area (TPSA) is 40.5 Å². The third-order valence-electron chi connectivity index (χ3n) is 3.15. The van der Waals surface area contributed by atoms with Crippen LogP contribution in [0.5, 0.6) is 0 Å². The van der Waals surface area contributed by atoms with Crippen LogP contribution >= 0.6 is 0 Å². The van der Waals surface area contributed by atoms with Gasteiger partial charge in [0.2, 0.25) is 0 Å². The zero-order valence-corrected chi connectivity index (χ0v) is 13.8. The fourth-order valence-corrected chi connectivity index (χ4v) is 1.87. The van der Waals surface area contributed by atoms with E-state index in [-0.39, 0.29) is 0 Å². The van der Waals surface area contributed by atoms with Crippen LogP contribution in [0.15, 0.2) is 0 Å². The summed E-state index contributed by atoms with van der Waals surface area (Å²) >= 11 is 0. The van der Waals surface area contributed by atoms with Crippen LogP contribution in [0.2, 0.25) is 0 Å². The standard InChI is InChI=1S/C20H30O2/c21-19-17-15-13-11-9-7-5-3-1-2-4-6-8-10-12-14-16-18-20-22/h21-22H,3-4,9-20H2. The predicted molar refractivity (Wildman–Crippen MR) is 92.9 cm³/mol. The predicted octanol–water partition coefficient (Wildman–Crippen LogP) is 3.66. The van der Waals surface area contributed by atoms with Gasteiger partial charge in [0, 0.05) is 26.1 Å². The lowest BCUT2D eigenvalue weighted by Gasteiger charge is -1.93. The van der Waals surface area contributed by atoms with Crippen LogP contribution in [0, 0.1) is 35.5 Å². The van der Waals surface area contributed by atoms with Crippen molar-refractivity contribution in [2.45, 2.75) is 77.0 Å². The molecule has 0 saturated carbocycles. The Labute approximate surface area is 136 Å². The molecule has 22 heavy (non-hydrogen) atoms. The van der Waals surface area contributed by atoms with Gasteiger partial charge in [-0.25, -0.2) is 0 Å². The summed E-state index contributed by atoms with van der Waals surface area (Å²) in [6.07, 6.45) is 11.7.